The molecule has 1 aliphatic heterocycles. The van der Waals surface area contributed by atoms with Crippen LogP contribution in [0.25, 0.3) is 16.7 Å². The number of hydrogen-bond acceptors (Lipinski definition) is 8. The fourth-order valence-corrected chi connectivity index (χ4v) is 4.31. The van der Waals surface area contributed by atoms with E-state index < -0.39 is 17.8 Å². The molecule has 0 radical (unpaired) electrons. The Labute approximate surface area is 206 Å². The number of rotatable bonds is 5. The van der Waals surface area contributed by atoms with Gasteiger partial charge in [0.25, 0.3) is 5.91 Å². The van der Waals surface area contributed by atoms with Gasteiger partial charge in [0.15, 0.2) is 0 Å². The standard InChI is InChI=1S/C25H23FN8O2/c1-15(31-23-17(13-27)22(28)29-14-30-23)24-32-19-8-7-18(26)20(25(35)33-9-11-36-12-10-33)21(19)34(24)16-5-3-2-4-6-16/h2-8,14-15H,9-12H2,1H3,(H3,28,29,30,31)/t15-/m0/s1. The molecular weight excluding hydrogens is 463 g/mol. The van der Waals surface area contributed by atoms with Gasteiger partial charge in [-0.1, -0.05) is 18.2 Å². The highest BCUT2D eigenvalue weighted by Gasteiger charge is 2.29. The number of nitrogens with two attached hydrogens (primary N) is 1. The van der Waals surface area contributed by atoms with E-state index in [2.05, 4.69) is 15.3 Å². The van der Waals surface area contributed by atoms with Crippen LogP contribution in [0.1, 0.15) is 34.7 Å². The first kappa shape index (κ1) is 23.2. The second-order valence-corrected chi connectivity index (χ2v) is 8.30. The molecule has 1 atom stereocenters. The zero-order valence-electron chi connectivity index (χ0n) is 19.5. The number of nitriles is 1. The first-order valence-electron chi connectivity index (χ1n) is 11.4. The molecule has 10 nitrogen and oxygen atoms in total. The highest BCUT2D eigenvalue weighted by molar-refractivity contribution is 6.06. The Morgan fingerprint density at radius 3 is 2.67 bits per heavy atom. The summed E-state index contributed by atoms with van der Waals surface area (Å²) in [4.78, 5) is 27.9. The Hall–Kier alpha value is -4.56. The van der Waals surface area contributed by atoms with E-state index in [1.165, 1.54) is 12.4 Å². The van der Waals surface area contributed by atoms with Crippen molar-refractivity contribution < 1.29 is 13.9 Å². The third kappa shape index (κ3) is 4.08. The number of nitrogen functional groups attached to an aromatic ring is 1. The molecule has 3 N–H and O–H groups in total. The molecule has 0 saturated carbocycles. The molecule has 1 amide bonds. The average Bonchev–Trinajstić information content (AvgIpc) is 3.29. The van der Waals surface area contributed by atoms with E-state index in [0.29, 0.717) is 48.8 Å². The lowest BCUT2D eigenvalue weighted by Gasteiger charge is -2.27. The van der Waals surface area contributed by atoms with Gasteiger partial charge in [-0.25, -0.2) is 19.3 Å². The molecule has 2 aromatic carbocycles. The number of halogens is 1. The summed E-state index contributed by atoms with van der Waals surface area (Å²) in [6.45, 7) is 3.39. The number of para-hydroxylation sites is 1. The van der Waals surface area contributed by atoms with Crippen LogP contribution >= 0.6 is 0 Å². The van der Waals surface area contributed by atoms with Crippen molar-refractivity contribution in [3.63, 3.8) is 0 Å². The molecular formula is C25H23FN8O2. The smallest absolute Gasteiger partial charge is 0.259 e. The number of aromatic nitrogens is 4. The summed E-state index contributed by atoms with van der Waals surface area (Å²) < 4.78 is 22.4. The third-order valence-electron chi connectivity index (χ3n) is 6.05. The van der Waals surface area contributed by atoms with Crippen LogP contribution < -0.4 is 11.1 Å². The van der Waals surface area contributed by atoms with Crippen LogP contribution in [-0.4, -0.2) is 56.6 Å². The van der Waals surface area contributed by atoms with Gasteiger partial charge >= 0.3 is 0 Å². The van der Waals surface area contributed by atoms with Crippen LogP contribution in [0, 0.1) is 17.1 Å². The van der Waals surface area contributed by atoms with Crippen LogP contribution in [0.15, 0.2) is 48.8 Å². The average molecular weight is 487 g/mol. The maximum atomic E-state index is 15.3. The summed E-state index contributed by atoms with van der Waals surface area (Å²) in [6.07, 6.45) is 1.26. The number of imidazole rings is 1. The molecule has 1 saturated heterocycles. The number of anilines is 2. The number of nitrogens with zero attached hydrogens (tertiary/aromatic N) is 6. The van der Waals surface area contributed by atoms with Crippen LogP contribution in [0.2, 0.25) is 0 Å². The van der Waals surface area contributed by atoms with Crippen molar-refractivity contribution >= 4 is 28.6 Å². The minimum absolute atomic E-state index is 0.0480. The van der Waals surface area contributed by atoms with Gasteiger partial charge in [-0.2, -0.15) is 5.26 Å². The van der Waals surface area contributed by atoms with Gasteiger partial charge in [-0.3, -0.25) is 9.36 Å². The Bertz CT molecular complexity index is 1480. The number of ether oxygens (including phenoxy) is 1. The molecule has 0 spiro atoms. The van der Waals surface area contributed by atoms with E-state index in [9.17, 15) is 10.1 Å². The highest BCUT2D eigenvalue weighted by Crippen LogP contribution is 2.32. The van der Waals surface area contributed by atoms with Crippen LogP contribution in [0.4, 0.5) is 16.0 Å². The highest BCUT2D eigenvalue weighted by atomic mass is 19.1. The lowest BCUT2D eigenvalue weighted by atomic mass is 10.1. The predicted octanol–water partition coefficient (Wildman–Crippen LogP) is 3.05. The van der Waals surface area contributed by atoms with Crippen molar-refractivity contribution in [2.75, 3.05) is 37.4 Å². The van der Waals surface area contributed by atoms with Crippen LogP contribution in [0.3, 0.4) is 0 Å². The van der Waals surface area contributed by atoms with E-state index in [4.69, 9.17) is 15.5 Å². The number of nitrogens with one attached hydrogen (secondary N) is 1. The molecule has 0 bridgehead atoms. The van der Waals surface area contributed by atoms with E-state index >= 15 is 4.39 Å². The minimum Gasteiger partial charge on any atom is -0.382 e. The normalized spacial score (nSPS) is 14.4. The zero-order valence-corrected chi connectivity index (χ0v) is 19.5. The quantitative estimate of drug-likeness (QED) is 0.439. The van der Waals surface area contributed by atoms with Gasteiger partial charge in [0, 0.05) is 18.8 Å². The van der Waals surface area contributed by atoms with Gasteiger partial charge in [-0.15, -0.1) is 0 Å². The SMILES string of the molecule is C[C@H](Nc1ncnc(N)c1C#N)c1nc2ccc(F)c(C(=O)N3CCOCC3)c2n1-c1ccccc1. The zero-order chi connectivity index (χ0) is 25.2. The van der Waals surface area contributed by atoms with Crippen LogP contribution in [-0.2, 0) is 4.74 Å². The molecule has 11 heteroatoms. The molecule has 1 aliphatic rings. The lowest BCUT2D eigenvalue weighted by Crippen LogP contribution is -2.41. The van der Waals surface area contributed by atoms with E-state index in [0.717, 1.165) is 0 Å². The number of benzene rings is 2. The Morgan fingerprint density at radius 2 is 1.94 bits per heavy atom. The van der Waals surface area contributed by atoms with Crippen molar-refractivity contribution in [2.45, 2.75) is 13.0 Å². The number of amides is 1. The third-order valence-corrected chi connectivity index (χ3v) is 6.05. The van der Waals surface area contributed by atoms with Crippen LogP contribution in [0.5, 0.6) is 0 Å². The topological polar surface area (TPSA) is 135 Å². The summed E-state index contributed by atoms with van der Waals surface area (Å²) in [5, 5.41) is 12.7. The van der Waals surface area contributed by atoms with Gasteiger partial charge in [0.1, 0.15) is 46.8 Å². The minimum atomic E-state index is -0.626. The van der Waals surface area contributed by atoms with Crippen molar-refractivity contribution in [2.24, 2.45) is 0 Å². The fraction of sp³-hybridized carbons (Fsp3) is 0.240. The number of fused-ring (bicyclic) bond motifs is 1. The molecule has 1 fully saturated rings. The first-order valence-corrected chi connectivity index (χ1v) is 11.4. The van der Waals surface area contributed by atoms with Gasteiger partial charge in [0.05, 0.1) is 30.3 Å². The Morgan fingerprint density at radius 1 is 1.19 bits per heavy atom. The maximum absolute atomic E-state index is 15.3. The molecule has 4 aromatic rings. The van der Waals surface area contributed by atoms with Crippen molar-refractivity contribution in [1.82, 2.24) is 24.4 Å². The second kappa shape index (κ2) is 9.59. The molecule has 5 rings (SSSR count). The molecule has 0 unspecified atom stereocenters. The fourth-order valence-electron chi connectivity index (χ4n) is 4.31. The van der Waals surface area contributed by atoms with Gasteiger partial charge < -0.3 is 20.7 Å². The van der Waals surface area contributed by atoms with Gasteiger partial charge in [-0.05, 0) is 31.2 Å². The number of hydrogen-bond donors (Lipinski definition) is 2. The van der Waals surface area contributed by atoms with E-state index in [1.807, 2.05) is 43.3 Å². The first-order chi connectivity index (χ1) is 17.5. The van der Waals surface area contributed by atoms with Crippen molar-refractivity contribution in [1.29, 1.82) is 5.26 Å². The lowest BCUT2D eigenvalue weighted by molar-refractivity contribution is 0.0301. The second-order valence-electron chi connectivity index (χ2n) is 8.30. The monoisotopic (exact) mass is 486 g/mol. The molecule has 2 aromatic heterocycles. The molecule has 36 heavy (non-hydrogen) atoms. The predicted molar refractivity (Wildman–Crippen MR) is 131 cm³/mol. The van der Waals surface area contributed by atoms with Gasteiger partial charge in [0.2, 0.25) is 0 Å². The summed E-state index contributed by atoms with van der Waals surface area (Å²) in [6, 6.07) is 13.6. The Balaban J connectivity index is 1.69. The summed E-state index contributed by atoms with van der Waals surface area (Å²) in [7, 11) is 0. The molecule has 3 heterocycles. The number of carbonyl (C=O) groups is 1. The number of carbonyl (C=O) groups excluding carboxylic acids is 1. The summed E-state index contributed by atoms with van der Waals surface area (Å²) >= 11 is 0. The Kier molecular flexibility index (Phi) is 6.18. The number of morpholine rings is 1. The van der Waals surface area contributed by atoms with Crippen molar-refractivity contribution in [3.05, 3.63) is 71.6 Å². The summed E-state index contributed by atoms with van der Waals surface area (Å²) in [5.41, 5.74) is 7.43. The molecule has 182 valence electrons. The van der Waals surface area contributed by atoms with E-state index in [-0.39, 0.29) is 22.8 Å². The maximum Gasteiger partial charge on any atom is 0.259 e. The molecule has 0 aliphatic carbocycles. The largest absolute Gasteiger partial charge is 0.382 e. The summed E-state index contributed by atoms with van der Waals surface area (Å²) in [5.74, 6) is -0.238. The van der Waals surface area contributed by atoms with E-state index in [1.54, 1.807) is 15.5 Å². The van der Waals surface area contributed by atoms with Crippen molar-refractivity contribution in [3.8, 4) is 11.8 Å².